The van der Waals surface area contributed by atoms with E-state index in [1.54, 1.807) is 13.0 Å². The Balaban J connectivity index is 2.45. The van der Waals surface area contributed by atoms with Gasteiger partial charge in [-0.1, -0.05) is 13.8 Å². The van der Waals surface area contributed by atoms with Crippen LogP contribution in [0.25, 0.3) is 0 Å². The Labute approximate surface area is 129 Å². The van der Waals surface area contributed by atoms with E-state index in [9.17, 15) is 14.4 Å². The number of aromatic nitrogens is 1. The molecule has 0 saturated heterocycles. The number of imide groups is 1. The van der Waals surface area contributed by atoms with Crippen molar-refractivity contribution in [2.75, 3.05) is 14.1 Å². The van der Waals surface area contributed by atoms with Crippen LogP contribution in [0.15, 0.2) is 6.07 Å². The minimum Gasteiger partial charge on any atom is -0.341 e. The molecule has 6 heteroatoms. The van der Waals surface area contributed by atoms with Crippen molar-refractivity contribution in [1.29, 1.82) is 0 Å². The van der Waals surface area contributed by atoms with E-state index in [0.717, 1.165) is 10.6 Å². The Morgan fingerprint density at radius 1 is 1.32 bits per heavy atom. The van der Waals surface area contributed by atoms with Crippen molar-refractivity contribution in [2.45, 2.75) is 33.6 Å². The topological polar surface area (TPSA) is 79.4 Å². The second kappa shape index (κ2) is 5.51. The molecule has 0 aliphatic heterocycles. The van der Waals surface area contributed by atoms with Gasteiger partial charge in [0.25, 0.3) is 5.91 Å². The SMILES string of the molecule is CNC(=O)N(C)C(=O)c1cc2c(nc1C)CC(C)(C)CC2=O. The van der Waals surface area contributed by atoms with Gasteiger partial charge in [-0.3, -0.25) is 19.5 Å². The molecule has 0 aromatic carbocycles. The molecule has 1 heterocycles. The predicted molar refractivity (Wildman–Crippen MR) is 82.0 cm³/mol. The second-order valence-corrected chi connectivity index (χ2v) is 6.48. The number of nitrogens with one attached hydrogen (secondary N) is 1. The number of hydrogen-bond acceptors (Lipinski definition) is 4. The summed E-state index contributed by atoms with van der Waals surface area (Å²) in [6.07, 6.45) is 1.14. The van der Waals surface area contributed by atoms with Crippen molar-refractivity contribution < 1.29 is 14.4 Å². The average molecular weight is 303 g/mol. The molecular weight excluding hydrogens is 282 g/mol. The molecule has 2 rings (SSSR count). The number of urea groups is 1. The van der Waals surface area contributed by atoms with Gasteiger partial charge in [-0.05, 0) is 24.8 Å². The highest BCUT2D eigenvalue weighted by Crippen LogP contribution is 2.34. The predicted octanol–water partition coefficient (Wildman–Crippen LogP) is 1.96. The van der Waals surface area contributed by atoms with Gasteiger partial charge in [0.1, 0.15) is 0 Å². The third-order valence-corrected chi connectivity index (χ3v) is 3.93. The van der Waals surface area contributed by atoms with Crippen molar-refractivity contribution in [3.8, 4) is 0 Å². The van der Waals surface area contributed by atoms with Gasteiger partial charge in [0, 0.05) is 26.1 Å². The first-order valence-corrected chi connectivity index (χ1v) is 7.20. The number of ketones is 1. The third kappa shape index (κ3) is 2.86. The smallest absolute Gasteiger partial charge is 0.323 e. The lowest BCUT2D eigenvalue weighted by Crippen LogP contribution is -2.40. The van der Waals surface area contributed by atoms with Crippen LogP contribution in [0, 0.1) is 12.3 Å². The van der Waals surface area contributed by atoms with Gasteiger partial charge in [0.15, 0.2) is 5.78 Å². The van der Waals surface area contributed by atoms with Crippen molar-refractivity contribution in [1.82, 2.24) is 15.2 Å². The molecule has 1 aliphatic rings. The Morgan fingerprint density at radius 3 is 2.55 bits per heavy atom. The summed E-state index contributed by atoms with van der Waals surface area (Å²) < 4.78 is 0. The highest BCUT2D eigenvalue weighted by molar-refractivity contribution is 6.07. The first kappa shape index (κ1) is 16.1. The molecule has 0 atom stereocenters. The number of fused-ring (bicyclic) bond motifs is 1. The van der Waals surface area contributed by atoms with Gasteiger partial charge in [0.05, 0.1) is 17.0 Å². The summed E-state index contributed by atoms with van der Waals surface area (Å²) >= 11 is 0. The minimum absolute atomic E-state index is 0.00426. The number of rotatable bonds is 1. The van der Waals surface area contributed by atoms with Gasteiger partial charge in [0.2, 0.25) is 0 Å². The highest BCUT2D eigenvalue weighted by Gasteiger charge is 2.33. The van der Waals surface area contributed by atoms with Crippen LogP contribution in [0.2, 0.25) is 0 Å². The maximum absolute atomic E-state index is 12.4. The van der Waals surface area contributed by atoms with E-state index >= 15 is 0 Å². The lowest BCUT2D eigenvalue weighted by Gasteiger charge is -2.30. The number of Topliss-reactive ketones (excluding diaryl/α,β-unsaturated/α-hetero) is 1. The summed E-state index contributed by atoms with van der Waals surface area (Å²) in [5, 5.41) is 2.40. The fourth-order valence-corrected chi connectivity index (χ4v) is 2.73. The van der Waals surface area contributed by atoms with Gasteiger partial charge in [-0.2, -0.15) is 0 Å². The molecule has 1 N–H and O–H groups in total. The average Bonchev–Trinajstić information content (AvgIpc) is 2.43. The summed E-state index contributed by atoms with van der Waals surface area (Å²) in [5.41, 5.74) is 1.94. The molecule has 6 nitrogen and oxygen atoms in total. The number of carbonyl (C=O) groups is 3. The molecule has 118 valence electrons. The Bertz CT molecular complexity index is 665. The quantitative estimate of drug-likeness (QED) is 0.860. The molecule has 22 heavy (non-hydrogen) atoms. The van der Waals surface area contributed by atoms with Crippen LogP contribution in [-0.2, 0) is 6.42 Å². The molecule has 3 amide bonds. The molecule has 1 aromatic heterocycles. The zero-order valence-corrected chi connectivity index (χ0v) is 13.6. The Kier molecular flexibility index (Phi) is 4.04. The molecule has 0 unspecified atom stereocenters. The summed E-state index contributed by atoms with van der Waals surface area (Å²) in [5.74, 6) is -0.472. The van der Waals surface area contributed by atoms with E-state index in [-0.39, 0.29) is 16.8 Å². The Morgan fingerprint density at radius 2 is 1.95 bits per heavy atom. The van der Waals surface area contributed by atoms with E-state index in [1.807, 2.05) is 13.8 Å². The minimum atomic E-state index is -0.505. The monoisotopic (exact) mass is 303 g/mol. The molecule has 1 aliphatic carbocycles. The Hall–Kier alpha value is -2.24. The lowest BCUT2D eigenvalue weighted by atomic mass is 9.75. The van der Waals surface area contributed by atoms with Crippen molar-refractivity contribution in [2.24, 2.45) is 5.41 Å². The molecule has 0 fully saturated rings. The second-order valence-electron chi connectivity index (χ2n) is 6.48. The van der Waals surface area contributed by atoms with Gasteiger partial charge < -0.3 is 5.32 Å². The van der Waals surface area contributed by atoms with E-state index in [0.29, 0.717) is 24.1 Å². The molecule has 1 aromatic rings. The number of carbonyl (C=O) groups excluding carboxylic acids is 3. The molecule has 0 bridgehead atoms. The maximum atomic E-state index is 12.4. The lowest BCUT2D eigenvalue weighted by molar-refractivity contribution is 0.0831. The van der Waals surface area contributed by atoms with E-state index in [2.05, 4.69) is 10.3 Å². The number of hydrogen-bond donors (Lipinski definition) is 1. The number of pyridine rings is 1. The highest BCUT2D eigenvalue weighted by atomic mass is 16.2. The fraction of sp³-hybridized carbons (Fsp3) is 0.500. The number of aryl methyl sites for hydroxylation is 1. The maximum Gasteiger partial charge on any atom is 0.323 e. The van der Waals surface area contributed by atoms with Crippen molar-refractivity contribution in [3.63, 3.8) is 0 Å². The number of amides is 3. The third-order valence-electron chi connectivity index (χ3n) is 3.93. The van der Waals surface area contributed by atoms with Gasteiger partial charge in [-0.15, -0.1) is 0 Å². The van der Waals surface area contributed by atoms with Crippen LogP contribution in [0.4, 0.5) is 4.79 Å². The van der Waals surface area contributed by atoms with Gasteiger partial charge >= 0.3 is 6.03 Å². The van der Waals surface area contributed by atoms with Crippen molar-refractivity contribution >= 4 is 17.7 Å². The van der Waals surface area contributed by atoms with Crippen LogP contribution in [0.5, 0.6) is 0 Å². The standard InChI is InChI=1S/C16H21N3O3/c1-9-10(14(21)19(5)15(22)17-4)6-11-12(18-9)7-16(2,3)8-13(11)20/h6H,7-8H2,1-5H3,(H,17,22). The van der Waals surface area contributed by atoms with Crippen molar-refractivity contribution in [3.05, 3.63) is 28.6 Å². The summed E-state index contributed by atoms with van der Waals surface area (Å²) in [6.45, 7) is 5.78. The van der Waals surface area contributed by atoms with E-state index < -0.39 is 11.9 Å². The van der Waals surface area contributed by atoms with Gasteiger partial charge in [-0.25, -0.2) is 4.79 Å². The first-order chi connectivity index (χ1) is 10.2. The normalized spacial score (nSPS) is 16.0. The molecule has 0 radical (unpaired) electrons. The van der Waals surface area contributed by atoms with E-state index in [1.165, 1.54) is 14.1 Å². The number of nitrogens with zero attached hydrogens (tertiary/aromatic N) is 2. The summed E-state index contributed by atoms with van der Waals surface area (Å²) in [4.78, 5) is 41.7. The van der Waals surface area contributed by atoms with Crippen LogP contribution >= 0.6 is 0 Å². The fourth-order valence-electron chi connectivity index (χ4n) is 2.73. The van der Waals surface area contributed by atoms with Crippen LogP contribution in [0.3, 0.4) is 0 Å². The van der Waals surface area contributed by atoms with Crippen LogP contribution < -0.4 is 5.32 Å². The van der Waals surface area contributed by atoms with Crippen LogP contribution in [-0.4, -0.2) is 41.7 Å². The molecule has 0 spiro atoms. The summed E-state index contributed by atoms with van der Waals surface area (Å²) in [7, 11) is 2.85. The summed E-state index contributed by atoms with van der Waals surface area (Å²) in [6, 6.07) is 1.08. The van der Waals surface area contributed by atoms with Crippen LogP contribution in [0.1, 0.15) is 52.4 Å². The first-order valence-electron chi connectivity index (χ1n) is 7.20. The molecule has 0 saturated carbocycles. The molecular formula is C16H21N3O3. The van der Waals surface area contributed by atoms with E-state index in [4.69, 9.17) is 0 Å². The zero-order chi connectivity index (χ0) is 16.7. The largest absolute Gasteiger partial charge is 0.341 e. The zero-order valence-electron chi connectivity index (χ0n) is 13.6.